The smallest absolute Gasteiger partial charge is 0.0561 e. The summed E-state index contributed by atoms with van der Waals surface area (Å²) in [6.07, 6.45) is 1.40. The standard InChI is InChI=1S/C4H12N2O2S/c1-5-6-3-4-9(2,7)8/h6-8H,1,3-4H2,2H3. The maximum Gasteiger partial charge on any atom is 0.0561 e. The lowest BCUT2D eigenvalue weighted by atomic mass is 10.8. The van der Waals surface area contributed by atoms with E-state index in [1.807, 2.05) is 0 Å². The van der Waals surface area contributed by atoms with Crippen molar-refractivity contribution in [3.05, 3.63) is 0 Å². The van der Waals surface area contributed by atoms with E-state index in [-0.39, 0.29) is 0 Å². The molecule has 9 heavy (non-hydrogen) atoms. The van der Waals surface area contributed by atoms with E-state index in [4.69, 9.17) is 9.11 Å². The first-order valence-electron chi connectivity index (χ1n) is 2.46. The monoisotopic (exact) mass is 152 g/mol. The Hall–Kier alpha value is -0.260. The van der Waals surface area contributed by atoms with Crippen LogP contribution in [0.2, 0.25) is 0 Å². The maximum atomic E-state index is 8.78. The molecular weight excluding hydrogens is 140 g/mol. The minimum absolute atomic E-state index is 0.325. The van der Waals surface area contributed by atoms with Gasteiger partial charge in [-0.05, 0) is 0 Å². The molecule has 0 saturated heterocycles. The highest BCUT2D eigenvalue weighted by Crippen LogP contribution is 2.31. The summed E-state index contributed by atoms with van der Waals surface area (Å²) in [5, 5.41) is 3.33. The van der Waals surface area contributed by atoms with Crippen molar-refractivity contribution in [2.45, 2.75) is 0 Å². The van der Waals surface area contributed by atoms with Gasteiger partial charge in [-0.25, -0.2) is 0 Å². The predicted molar refractivity (Wildman–Crippen MR) is 41.2 cm³/mol. The van der Waals surface area contributed by atoms with Crippen molar-refractivity contribution in [2.24, 2.45) is 5.10 Å². The molecule has 0 bridgehead atoms. The molecule has 4 nitrogen and oxygen atoms in total. The summed E-state index contributed by atoms with van der Waals surface area (Å²) in [7, 11) is -2.35. The second-order valence-corrected chi connectivity index (χ2v) is 4.16. The van der Waals surface area contributed by atoms with Gasteiger partial charge in [0, 0.05) is 13.0 Å². The van der Waals surface area contributed by atoms with E-state index >= 15 is 0 Å². The van der Waals surface area contributed by atoms with Crippen LogP contribution in [0.5, 0.6) is 0 Å². The van der Waals surface area contributed by atoms with Crippen LogP contribution in [-0.2, 0) is 0 Å². The molecular formula is C4H12N2O2S. The van der Waals surface area contributed by atoms with E-state index in [0.717, 1.165) is 0 Å². The zero-order chi connectivity index (χ0) is 7.33. The Morgan fingerprint density at radius 3 is 2.56 bits per heavy atom. The molecule has 5 heteroatoms. The van der Waals surface area contributed by atoms with Crippen molar-refractivity contribution in [1.29, 1.82) is 0 Å². The fourth-order valence-corrected chi connectivity index (χ4v) is 0.796. The van der Waals surface area contributed by atoms with Crippen molar-refractivity contribution < 1.29 is 9.11 Å². The Kier molecular flexibility index (Phi) is 3.60. The van der Waals surface area contributed by atoms with Gasteiger partial charge in [-0.2, -0.15) is 15.7 Å². The van der Waals surface area contributed by atoms with Crippen molar-refractivity contribution in [3.63, 3.8) is 0 Å². The molecule has 0 amide bonds. The molecule has 0 aliphatic rings. The summed E-state index contributed by atoms with van der Waals surface area (Å²) in [6.45, 7) is 3.63. The molecule has 0 aromatic carbocycles. The topological polar surface area (TPSA) is 64.9 Å². The zero-order valence-electron chi connectivity index (χ0n) is 5.37. The molecule has 3 N–H and O–H groups in total. The third kappa shape index (κ3) is 7.74. The number of hydrogen-bond acceptors (Lipinski definition) is 4. The van der Waals surface area contributed by atoms with Gasteiger partial charge in [0.15, 0.2) is 0 Å². The first kappa shape index (κ1) is 8.74. The highest BCUT2D eigenvalue weighted by atomic mass is 32.3. The Bertz CT molecular complexity index is 91.1. The first-order valence-corrected chi connectivity index (χ1v) is 4.58. The molecule has 0 fully saturated rings. The van der Waals surface area contributed by atoms with Gasteiger partial charge in [-0.3, -0.25) is 9.11 Å². The van der Waals surface area contributed by atoms with Crippen molar-refractivity contribution in [2.75, 3.05) is 18.6 Å². The first-order chi connectivity index (χ1) is 4.06. The van der Waals surface area contributed by atoms with E-state index in [9.17, 15) is 0 Å². The highest BCUT2D eigenvalue weighted by Gasteiger charge is 2.00. The molecule has 0 spiro atoms. The van der Waals surface area contributed by atoms with Crippen LogP contribution in [0.1, 0.15) is 0 Å². The SMILES string of the molecule is C=NNCCS(C)(O)O. The molecule has 0 aliphatic heterocycles. The van der Waals surface area contributed by atoms with Crippen LogP contribution < -0.4 is 5.43 Å². The summed E-state index contributed by atoms with van der Waals surface area (Å²) < 4.78 is 17.6. The fraction of sp³-hybridized carbons (Fsp3) is 0.750. The van der Waals surface area contributed by atoms with Gasteiger partial charge in [-0.15, -0.1) is 0 Å². The summed E-state index contributed by atoms with van der Waals surface area (Å²) in [6, 6.07) is 0. The minimum Gasteiger partial charge on any atom is -0.309 e. The van der Waals surface area contributed by atoms with Crippen molar-refractivity contribution >= 4 is 17.3 Å². The Balaban J connectivity index is 3.17. The van der Waals surface area contributed by atoms with E-state index in [2.05, 4.69) is 17.2 Å². The Labute approximate surface area is 56.3 Å². The van der Waals surface area contributed by atoms with E-state index < -0.39 is 10.6 Å². The zero-order valence-corrected chi connectivity index (χ0v) is 6.19. The molecule has 0 heterocycles. The third-order valence-corrected chi connectivity index (χ3v) is 1.69. The van der Waals surface area contributed by atoms with Gasteiger partial charge >= 0.3 is 0 Å². The van der Waals surface area contributed by atoms with Crippen molar-refractivity contribution in [3.8, 4) is 0 Å². The highest BCUT2D eigenvalue weighted by molar-refractivity contribution is 8.23. The van der Waals surface area contributed by atoms with Crippen LogP contribution in [0.4, 0.5) is 0 Å². The quantitative estimate of drug-likeness (QED) is 0.313. The van der Waals surface area contributed by atoms with Gasteiger partial charge < -0.3 is 5.43 Å². The summed E-state index contributed by atoms with van der Waals surface area (Å²) in [5.74, 6) is 0.325. The Morgan fingerprint density at radius 2 is 2.22 bits per heavy atom. The van der Waals surface area contributed by atoms with Crippen LogP contribution in [0.25, 0.3) is 0 Å². The number of hydrazone groups is 1. The van der Waals surface area contributed by atoms with Crippen LogP contribution in [0.15, 0.2) is 5.10 Å². The van der Waals surface area contributed by atoms with E-state index in [1.54, 1.807) is 0 Å². The molecule has 0 radical (unpaired) electrons. The predicted octanol–water partition coefficient (Wildman–Crippen LogP) is 0.572. The Morgan fingerprint density at radius 1 is 1.67 bits per heavy atom. The molecule has 0 aliphatic carbocycles. The molecule has 0 rings (SSSR count). The lowest BCUT2D eigenvalue weighted by Crippen LogP contribution is -2.15. The van der Waals surface area contributed by atoms with Gasteiger partial charge in [0.25, 0.3) is 0 Å². The van der Waals surface area contributed by atoms with Crippen LogP contribution in [0, 0.1) is 0 Å². The number of nitrogens with one attached hydrogen (secondary N) is 1. The van der Waals surface area contributed by atoms with Gasteiger partial charge in [0.05, 0.1) is 12.3 Å². The molecule has 0 unspecified atom stereocenters. The van der Waals surface area contributed by atoms with Crippen LogP contribution in [-0.4, -0.2) is 34.4 Å². The normalized spacial score (nSPS) is 12.8. The van der Waals surface area contributed by atoms with E-state index in [1.165, 1.54) is 6.26 Å². The second kappa shape index (κ2) is 3.71. The van der Waals surface area contributed by atoms with Crippen LogP contribution >= 0.6 is 10.6 Å². The van der Waals surface area contributed by atoms with Crippen LogP contribution in [0.3, 0.4) is 0 Å². The van der Waals surface area contributed by atoms with Gasteiger partial charge in [0.1, 0.15) is 0 Å². The molecule has 56 valence electrons. The largest absolute Gasteiger partial charge is 0.309 e. The average molecular weight is 152 g/mol. The molecule has 0 aromatic heterocycles. The molecule has 0 aromatic rings. The second-order valence-electron chi connectivity index (χ2n) is 1.76. The summed E-state index contributed by atoms with van der Waals surface area (Å²) >= 11 is 0. The lowest BCUT2D eigenvalue weighted by Gasteiger charge is -2.25. The maximum absolute atomic E-state index is 8.78. The summed E-state index contributed by atoms with van der Waals surface area (Å²) in [5.41, 5.74) is 2.52. The third-order valence-electron chi connectivity index (χ3n) is 0.712. The van der Waals surface area contributed by atoms with Gasteiger partial charge in [-0.1, -0.05) is 0 Å². The fourth-order valence-electron chi connectivity index (χ4n) is 0.318. The number of hydrogen-bond donors (Lipinski definition) is 3. The van der Waals surface area contributed by atoms with Gasteiger partial charge in [0.2, 0.25) is 0 Å². The minimum atomic E-state index is -2.35. The summed E-state index contributed by atoms with van der Waals surface area (Å²) in [4.78, 5) is 0. The molecule has 0 atom stereocenters. The van der Waals surface area contributed by atoms with E-state index in [0.29, 0.717) is 12.3 Å². The average Bonchev–Trinajstić information content (AvgIpc) is 1.63. The molecule has 0 saturated carbocycles. The number of rotatable bonds is 4. The van der Waals surface area contributed by atoms with Crippen molar-refractivity contribution in [1.82, 2.24) is 5.43 Å². The number of nitrogens with zero attached hydrogens (tertiary/aromatic N) is 1. The lowest BCUT2D eigenvalue weighted by molar-refractivity contribution is 0.492.